The van der Waals surface area contributed by atoms with Gasteiger partial charge >= 0.3 is 0 Å². The Labute approximate surface area is 108 Å². The second-order valence-corrected chi connectivity index (χ2v) is 5.26. The fourth-order valence-corrected chi connectivity index (χ4v) is 3.34. The standard InChI is InChI=1S/C12H20N2O2.ClH/c15-12(11-6-13-4-5-16-11)14-7-9-2-1-3-10(9)8-14;/h9-11,13H,1-8H2;1H. The van der Waals surface area contributed by atoms with Crippen LogP contribution in [-0.2, 0) is 9.53 Å². The molecule has 0 aromatic rings. The summed E-state index contributed by atoms with van der Waals surface area (Å²) in [5, 5.41) is 3.22. The van der Waals surface area contributed by atoms with Crippen molar-refractivity contribution >= 4 is 18.3 Å². The molecule has 98 valence electrons. The van der Waals surface area contributed by atoms with E-state index in [-0.39, 0.29) is 24.4 Å². The van der Waals surface area contributed by atoms with Crippen molar-refractivity contribution < 1.29 is 9.53 Å². The van der Waals surface area contributed by atoms with Gasteiger partial charge < -0.3 is 15.0 Å². The molecule has 3 fully saturated rings. The molecule has 5 heteroatoms. The summed E-state index contributed by atoms with van der Waals surface area (Å²) in [6.45, 7) is 4.17. The lowest BCUT2D eigenvalue weighted by atomic mass is 10.0. The predicted molar refractivity (Wildman–Crippen MR) is 67.3 cm³/mol. The van der Waals surface area contributed by atoms with Crippen molar-refractivity contribution in [1.82, 2.24) is 10.2 Å². The third-order valence-corrected chi connectivity index (χ3v) is 4.24. The first-order chi connectivity index (χ1) is 7.84. The molecule has 0 aromatic carbocycles. The molecule has 17 heavy (non-hydrogen) atoms. The zero-order chi connectivity index (χ0) is 11.0. The summed E-state index contributed by atoms with van der Waals surface area (Å²) in [7, 11) is 0. The van der Waals surface area contributed by atoms with Crippen molar-refractivity contribution in [3.05, 3.63) is 0 Å². The molecule has 3 aliphatic rings. The summed E-state index contributed by atoms with van der Waals surface area (Å²) in [6, 6.07) is 0. The molecule has 1 saturated carbocycles. The van der Waals surface area contributed by atoms with Crippen LogP contribution >= 0.6 is 12.4 Å². The van der Waals surface area contributed by atoms with E-state index in [0.29, 0.717) is 13.2 Å². The van der Waals surface area contributed by atoms with E-state index in [9.17, 15) is 4.79 Å². The molecule has 3 atom stereocenters. The van der Waals surface area contributed by atoms with Crippen molar-refractivity contribution in [2.45, 2.75) is 25.4 Å². The quantitative estimate of drug-likeness (QED) is 0.753. The number of halogens is 1. The van der Waals surface area contributed by atoms with Crippen LogP contribution in [0, 0.1) is 11.8 Å². The van der Waals surface area contributed by atoms with Gasteiger partial charge in [0, 0.05) is 26.2 Å². The molecule has 1 N–H and O–H groups in total. The zero-order valence-corrected chi connectivity index (χ0v) is 10.9. The number of carbonyl (C=O) groups is 1. The average molecular weight is 261 g/mol. The molecule has 1 amide bonds. The first kappa shape index (κ1) is 13.1. The number of fused-ring (bicyclic) bond motifs is 1. The maximum Gasteiger partial charge on any atom is 0.253 e. The van der Waals surface area contributed by atoms with Crippen molar-refractivity contribution in [2.24, 2.45) is 11.8 Å². The predicted octanol–water partition coefficient (Wildman–Crippen LogP) is 0.655. The van der Waals surface area contributed by atoms with E-state index in [2.05, 4.69) is 5.32 Å². The van der Waals surface area contributed by atoms with E-state index in [1.54, 1.807) is 0 Å². The van der Waals surface area contributed by atoms with Crippen molar-refractivity contribution in [2.75, 3.05) is 32.8 Å². The normalized spacial score (nSPS) is 36.5. The Bertz CT molecular complexity index is 270. The molecule has 2 saturated heterocycles. The molecule has 2 heterocycles. The summed E-state index contributed by atoms with van der Waals surface area (Å²) in [5.74, 6) is 1.77. The Morgan fingerprint density at radius 3 is 2.53 bits per heavy atom. The van der Waals surface area contributed by atoms with Gasteiger partial charge in [0.15, 0.2) is 0 Å². The van der Waals surface area contributed by atoms with Crippen LogP contribution in [0.2, 0.25) is 0 Å². The highest BCUT2D eigenvalue weighted by Gasteiger charge is 2.40. The van der Waals surface area contributed by atoms with Crippen LogP contribution < -0.4 is 5.32 Å². The van der Waals surface area contributed by atoms with Gasteiger partial charge in [0.2, 0.25) is 0 Å². The third-order valence-electron chi connectivity index (χ3n) is 4.24. The lowest BCUT2D eigenvalue weighted by molar-refractivity contribution is -0.144. The number of hydrogen-bond acceptors (Lipinski definition) is 3. The summed E-state index contributed by atoms with van der Waals surface area (Å²) in [6.07, 6.45) is 3.77. The second-order valence-electron chi connectivity index (χ2n) is 5.26. The van der Waals surface area contributed by atoms with Crippen LogP contribution in [0.1, 0.15) is 19.3 Å². The summed E-state index contributed by atoms with van der Waals surface area (Å²) >= 11 is 0. The lowest BCUT2D eigenvalue weighted by Gasteiger charge is -2.27. The van der Waals surface area contributed by atoms with E-state index >= 15 is 0 Å². The Kier molecular flexibility index (Phi) is 4.28. The molecule has 2 aliphatic heterocycles. The van der Waals surface area contributed by atoms with Gasteiger partial charge in [-0.25, -0.2) is 0 Å². The molecule has 3 unspecified atom stereocenters. The number of nitrogens with one attached hydrogen (secondary N) is 1. The number of nitrogens with zero attached hydrogens (tertiary/aromatic N) is 1. The Hall–Kier alpha value is -0.320. The number of carbonyl (C=O) groups excluding carboxylic acids is 1. The summed E-state index contributed by atoms with van der Waals surface area (Å²) in [4.78, 5) is 14.2. The van der Waals surface area contributed by atoms with Crippen molar-refractivity contribution in [3.8, 4) is 0 Å². The van der Waals surface area contributed by atoms with Gasteiger partial charge in [-0.2, -0.15) is 0 Å². The van der Waals surface area contributed by atoms with E-state index in [1.165, 1.54) is 19.3 Å². The zero-order valence-electron chi connectivity index (χ0n) is 10.1. The lowest BCUT2D eigenvalue weighted by Crippen LogP contribution is -2.49. The van der Waals surface area contributed by atoms with Gasteiger partial charge in [0.1, 0.15) is 6.10 Å². The second kappa shape index (κ2) is 5.55. The fraction of sp³-hybridized carbons (Fsp3) is 0.917. The molecule has 4 nitrogen and oxygen atoms in total. The third kappa shape index (κ3) is 2.59. The largest absolute Gasteiger partial charge is 0.366 e. The minimum atomic E-state index is -0.229. The number of likely N-dealkylation sites (tertiary alicyclic amines) is 1. The van der Waals surface area contributed by atoms with Gasteiger partial charge in [-0.1, -0.05) is 6.42 Å². The van der Waals surface area contributed by atoms with Crippen molar-refractivity contribution in [3.63, 3.8) is 0 Å². The van der Waals surface area contributed by atoms with Gasteiger partial charge in [-0.05, 0) is 24.7 Å². The summed E-state index contributed by atoms with van der Waals surface area (Å²) in [5.41, 5.74) is 0. The highest BCUT2D eigenvalue weighted by atomic mass is 35.5. The van der Waals surface area contributed by atoms with Crippen molar-refractivity contribution in [1.29, 1.82) is 0 Å². The molecule has 3 rings (SSSR count). The number of amides is 1. The molecule has 0 aromatic heterocycles. The van der Waals surface area contributed by atoms with Crippen LogP contribution in [0.15, 0.2) is 0 Å². The van der Waals surface area contributed by atoms with E-state index in [0.717, 1.165) is 31.5 Å². The first-order valence-electron chi connectivity index (χ1n) is 6.45. The van der Waals surface area contributed by atoms with Gasteiger partial charge in [-0.15, -0.1) is 12.4 Å². The van der Waals surface area contributed by atoms with Crippen LogP contribution in [-0.4, -0.2) is 49.7 Å². The molecule has 1 aliphatic carbocycles. The minimum Gasteiger partial charge on any atom is -0.366 e. The van der Waals surface area contributed by atoms with E-state index in [4.69, 9.17) is 4.74 Å². The topological polar surface area (TPSA) is 41.6 Å². The fourth-order valence-electron chi connectivity index (χ4n) is 3.34. The minimum absolute atomic E-state index is 0. The van der Waals surface area contributed by atoms with Crippen LogP contribution in [0.5, 0.6) is 0 Å². The van der Waals surface area contributed by atoms with Gasteiger partial charge in [0.05, 0.1) is 6.61 Å². The Morgan fingerprint density at radius 1 is 1.24 bits per heavy atom. The molecule has 0 bridgehead atoms. The van der Waals surface area contributed by atoms with Crippen LogP contribution in [0.3, 0.4) is 0 Å². The number of rotatable bonds is 1. The highest BCUT2D eigenvalue weighted by Crippen LogP contribution is 2.37. The maximum atomic E-state index is 12.2. The molecular weight excluding hydrogens is 240 g/mol. The van der Waals surface area contributed by atoms with Gasteiger partial charge in [0.25, 0.3) is 5.91 Å². The molecule has 0 radical (unpaired) electrons. The van der Waals surface area contributed by atoms with Crippen LogP contribution in [0.25, 0.3) is 0 Å². The summed E-state index contributed by atoms with van der Waals surface area (Å²) < 4.78 is 5.52. The average Bonchev–Trinajstić information content (AvgIpc) is 2.89. The molecule has 0 spiro atoms. The Balaban J connectivity index is 0.00000108. The number of ether oxygens (including phenoxy) is 1. The van der Waals surface area contributed by atoms with E-state index < -0.39 is 0 Å². The van der Waals surface area contributed by atoms with Crippen LogP contribution in [0.4, 0.5) is 0 Å². The first-order valence-corrected chi connectivity index (χ1v) is 6.45. The SMILES string of the molecule is Cl.O=C(C1CNCCO1)N1CC2CCCC2C1. The van der Waals surface area contributed by atoms with E-state index in [1.807, 2.05) is 4.90 Å². The molecular formula is C12H21ClN2O2. The Morgan fingerprint density at radius 2 is 1.94 bits per heavy atom. The number of hydrogen-bond donors (Lipinski definition) is 1. The number of morpholine rings is 1. The maximum absolute atomic E-state index is 12.2. The highest BCUT2D eigenvalue weighted by molar-refractivity contribution is 5.85. The van der Waals surface area contributed by atoms with Gasteiger partial charge in [-0.3, -0.25) is 4.79 Å². The smallest absolute Gasteiger partial charge is 0.253 e. The monoisotopic (exact) mass is 260 g/mol.